The van der Waals surface area contributed by atoms with E-state index in [0.29, 0.717) is 38.0 Å². The highest BCUT2D eigenvalue weighted by molar-refractivity contribution is 5.74. The molecule has 2 amide bonds. The molecule has 0 saturated heterocycles. The van der Waals surface area contributed by atoms with Crippen molar-refractivity contribution in [2.45, 2.75) is 44.8 Å². The molecule has 1 aromatic carbocycles. The quantitative estimate of drug-likeness (QED) is 0.702. The number of benzene rings is 1. The van der Waals surface area contributed by atoms with Crippen LogP contribution in [0, 0.1) is 5.92 Å². The molecule has 0 aliphatic heterocycles. The molecular weight excluding hydrogens is 324 g/mol. The number of hydrogen-bond acceptors (Lipinski definition) is 4. The Kier molecular flexibility index (Phi) is 6.91. The van der Waals surface area contributed by atoms with Crippen molar-refractivity contribution in [2.75, 3.05) is 13.7 Å². The van der Waals surface area contributed by atoms with Crippen LogP contribution in [0.4, 0.5) is 4.79 Å². The first-order valence-corrected chi connectivity index (χ1v) is 8.55. The van der Waals surface area contributed by atoms with Crippen LogP contribution >= 0.6 is 0 Å². The molecule has 0 spiro atoms. The molecule has 0 bridgehead atoms. The lowest BCUT2D eigenvalue weighted by Crippen LogP contribution is -2.46. The molecule has 2 rings (SSSR count). The first-order chi connectivity index (χ1) is 12.0. The fraction of sp³-hybridized carbons (Fsp3) is 0.556. The van der Waals surface area contributed by atoms with E-state index in [-0.39, 0.29) is 24.1 Å². The minimum absolute atomic E-state index is 0.0356. The molecule has 0 radical (unpaired) electrons. The fourth-order valence-corrected chi connectivity index (χ4v) is 2.89. The van der Waals surface area contributed by atoms with E-state index in [0.717, 1.165) is 5.75 Å². The average Bonchev–Trinajstić information content (AvgIpc) is 2.61. The topological polar surface area (TPSA) is 96.9 Å². The molecule has 1 atom stereocenters. The maximum atomic E-state index is 12.0. The van der Waals surface area contributed by atoms with E-state index < -0.39 is 5.97 Å². The van der Waals surface area contributed by atoms with Gasteiger partial charge in [-0.15, -0.1) is 0 Å². The SMILES string of the molecule is COc1ccc(OC(C)CNC(=O)NC2CCC(C(=O)O)CC2)cc1. The summed E-state index contributed by atoms with van der Waals surface area (Å²) in [5, 5.41) is 14.7. The second-order valence-corrected chi connectivity index (χ2v) is 6.35. The normalized spacial score (nSPS) is 21.0. The summed E-state index contributed by atoms with van der Waals surface area (Å²) in [6.45, 7) is 2.25. The smallest absolute Gasteiger partial charge is 0.315 e. The number of hydrogen-bond donors (Lipinski definition) is 3. The van der Waals surface area contributed by atoms with E-state index in [1.807, 2.05) is 31.2 Å². The molecule has 1 aliphatic rings. The van der Waals surface area contributed by atoms with Gasteiger partial charge in [-0.3, -0.25) is 4.79 Å². The van der Waals surface area contributed by atoms with Gasteiger partial charge in [0.2, 0.25) is 0 Å². The maximum Gasteiger partial charge on any atom is 0.315 e. The minimum atomic E-state index is -0.743. The Labute approximate surface area is 147 Å². The van der Waals surface area contributed by atoms with E-state index in [1.54, 1.807) is 7.11 Å². The number of aliphatic carboxylic acids is 1. The van der Waals surface area contributed by atoms with Crippen LogP contribution in [0.3, 0.4) is 0 Å². The summed E-state index contributed by atoms with van der Waals surface area (Å²) in [6, 6.07) is 7.05. The summed E-state index contributed by atoms with van der Waals surface area (Å²) >= 11 is 0. The van der Waals surface area contributed by atoms with Gasteiger partial charge in [-0.2, -0.15) is 0 Å². The molecule has 7 heteroatoms. The number of methoxy groups -OCH3 is 1. The van der Waals surface area contributed by atoms with Gasteiger partial charge in [0.1, 0.15) is 17.6 Å². The molecule has 7 nitrogen and oxygen atoms in total. The lowest BCUT2D eigenvalue weighted by Gasteiger charge is -2.27. The lowest BCUT2D eigenvalue weighted by molar-refractivity contribution is -0.142. The van der Waals surface area contributed by atoms with Crippen LogP contribution in [-0.2, 0) is 4.79 Å². The van der Waals surface area contributed by atoms with Gasteiger partial charge in [0.15, 0.2) is 0 Å². The van der Waals surface area contributed by atoms with Gasteiger partial charge in [0, 0.05) is 6.04 Å². The van der Waals surface area contributed by atoms with E-state index in [2.05, 4.69) is 10.6 Å². The summed E-state index contributed by atoms with van der Waals surface area (Å²) in [6.07, 6.45) is 2.43. The van der Waals surface area contributed by atoms with Crippen LogP contribution in [0.15, 0.2) is 24.3 Å². The first-order valence-electron chi connectivity index (χ1n) is 8.55. The van der Waals surface area contributed by atoms with Gasteiger partial charge in [0.05, 0.1) is 19.6 Å². The number of urea groups is 1. The van der Waals surface area contributed by atoms with Crippen molar-refractivity contribution >= 4 is 12.0 Å². The van der Waals surface area contributed by atoms with E-state index in [4.69, 9.17) is 14.6 Å². The van der Waals surface area contributed by atoms with Crippen LogP contribution in [0.25, 0.3) is 0 Å². The molecule has 1 unspecified atom stereocenters. The Bertz CT molecular complexity index is 567. The highest BCUT2D eigenvalue weighted by Crippen LogP contribution is 2.24. The van der Waals surface area contributed by atoms with Crippen molar-refractivity contribution in [1.82, 2.24) is 10.6 Å². The van der Waals surface area contributed by atoms with Crippen molar-refractivity contribution in [3.8, 4) is 11.5 Å². The summed E-state index contributed by atoms with van der Waals surface area (Å²) in [5.41, 5.74) is 0. The lowest BCUT2D eigenvalue weighted by atomic mass is 9.86. The van der Waals surface area contributed by atoms with E-state index >= 15 is 0 Å². The second kappa shape index (κ2) is 9.15. The van der Waals surface area contributed by atoms with Crippen LogP contribution in [0.5, 0.6) is 11.5 Å². The second-order valence-electron chi connectivity index (χ2n) is 6.35. The van der Waals surface area contributed by atoms with E-state index in [9.17, 15) is 9.59 Å². The summed E-state index contributed by atoms with van der Waals surface area (Å²) in [4.78, 5) is 22.9. The third-order valence-electron chi connectivity index (χ3n) is 4.36. The van der Waals surface area contributed by atoms with Gasteiger partial charge in [-0.1, -0.05) is 0 Å². The van der Waals surface area contributed by atoms with Gasteiger partial charge >= 0.3 is 12.0 Å². The summed E-state index contributed by atoms with van der Waals surface area (Å²) in [5.74, 6) is 0.448. The largest absolute Gasteiger partial charge is 0.497 e. The van der Waals surface area contributed by atoms with Crippen molar-refractivity contribution < 1.29 is 24.2 Å². The van der Waals surface area contributed by atoms with Crippen LogP contribution < -0.4 is 20.1 Å². The van der Waals surface area contributed by atoms with Crippen LogP contribution in [0.1, 0.15) is 32.6 Å². The fourth-order valence-electron chi connectivity index (χ4n) is 2.89. The number of carboxylic acid groups (broad SMARTS) is 1. The zero-order valence-corrected chi connectivity index (χ0v) is 14.7. The number of carbonyl (C=O) groups is 2. The Morgan fingerprint density at radius 2 is 1.76 bits per heavy atom. The third-order valence-corrected chi connectivity index (χ3v) is 4.36. The zero-order valence-electron chi connectivity index (χ0n) is 14.7. The number of carboxylic acids is 1. The van der Waals surface area contributed by atoms with Gasteiger partial charge in [0.25, 0.3) is 0 Å². The molecule has 138 valence electrons. The molecule has 25 heavy (non-hydrogen) atoms. The Balaban J connectivity index is 1.66. The minimum Gasteiger partial charge on any atom is -0.497 e. The Hall–Kier alpha value is -2.44. The zero-order chi connectivity index (χ0) is 18.2. The van der Waals surface area contributed by atoms with Crippen molar-refractivity contribution in [2.24, 2.45) is 5.92 Å². The van der Waals surface area contributed by atoms with Crippen LogP contribution in [0.2, 0.25) is 0 Å². The standard InChI is InChI=1S/C18H26N2O5/c1-12(25-16-9-7-15(24-2)8-10-16)11-19-18(23)20-14-5-3-13(4-6-14)17(21)22/h7-10,12-14H,3-6,11H2,1-2H3,(H,21,22)(H2,19,20,23). The van der Waals surface area contributed by atoms with Crippen molar-refractivity contribution in [1.29, 1.82) is 0 Å². The molecule has 0 heterocycles. The Morgan fingerprint density at radius 3 is 2.32 bits per heavy atom. The molecular formula is C18H26N2O5. The van der Waals surface area contributed by atoms with Crippen molar-refractivity contribution in [3.05, 3.63) is 24.3 Å². The molecule has 1 fully saturated rings. The summed E-state index contributed by atoms with van der Waals surface area (Å²) < 4.78 is 10.8. The van der Waals surface area contributed by atoms with Gasteiger partial charge in [-0.05, 0) is 56.9 Å². The highest BCUT2D eigenvalue weighted by Gasteiger charge is 2.26. The van der Waals surface area contributed by atoms with E-state index in [1.165, 1.54) is 0 Å². The summed E-state index contributed by atoms with van der Waals surface area (Å²) in [7, 11) is 1.61. The van der Waals surface area contributed by atoms with Gasteiger partial charge < -0.3 is 25.2 Å². The number of nitrogens with one attached hydrogen (secondary N) is 2. The number of amides is 2. The van der Waals surface area contributed by atoms with Gasteiger partial charge in [-0.25, -0.2) is 4.79 Å². The third kappa shape index (κ3) is 6.17. The molecule has 3 N–H and O–H groups in total. The molecule has 0 aromatic heterocycles. The maximum absolute atomic E-state index is 12.0. The highest BCUT2D eigenvalue weighted by atomic mass is 16.5. The molecule has 1 aliphatic carbocycles. The number of carbonyl (C=O) groups excluding carboxylic acids is 1. The number of ether oxygens (including phenoxy) is 2. The molecule has 1 aromatic rings. The predicted molar refractivity (Wildman–Crippen MR) is 93.0 cm³/mol. The predicted octanol–water partition coefficient (Wildman–Crippen LogP) is 2.41. The molecule has 1 saturated carbocycles. The Morgan fingerprint density at radius 1 is 1.16 bits per heavy atom. The number of rotatable bonds is 7. The first kappa shape index (κ1) is 18.9. The average molecular weight is 350 g/mol. The monoisotopic (exact) mass is 350 g/mol. The van der Waals surface area contributed by atoms with Crippen molar-refractivity contribution in [3.63, 3.8) is 0 Å². The van der Waals surface area contributed by atoms with Crippen LogP contribution in [-0.4, -0.2) is 42.9 Å².